The molecule has 0 amide bonds. The zero-order chi connectivity index (χ0) is 9.90. The molecule has 4 heteroatoms. The Morgan fingerprint density at radius 3 is 2.67 bits per heavy atom. The van der Waals surface area contributed by atoms with Gasteiger partial charge in [0.15, 0.2) is 0 Å². The SMILES string of the molecule is [2H]Cc1ccccc1S(=O)(=O)OC. The van der Waals surface area contributed by atoms with Crippen LogP contribution < -0.4 is 0 Å². The van der Waals surface area contributed by atoms with E-state index in [-0.39, 0.29) is 11.8 Å². The summed E-state index contributed by atoms with van der Waals surface area (Å²) in [5.74, 6) is 0. The van der Waals surface area contributed by atoms with Gasteiger partial charge in [0.2, 0.25) is 0 Å². The van der Waals surface area contributed by atoms with Crippen molar-refractivity contribution in [2.24, 2.45) is 0 Å². The van der Waals surface area contributed by atoms with E-state index in [2.05, 4.69) is 4.18 Å². The third-order valence-corrected chi connectivity index (χ3v) is 2.84. The fourth-order valence-corrected chi connectivity index (χ4v) is 1.65. The van der Waals surface area contributed by atoms with Crippen molar-refractivity contribution < 1.29 is 14.0 Å². The maximum absolute atomic E-state index is 11.3. The van der Waals surface area contributed by atoms with Crippen molar-refractivity contribution in [3.8, 4) is 0 Å². The van der Waals surface area contributed by atoms with Crippen LogP contribution in [0.25, 0.3) is 0 Å². The third kappa shape index (κ3) is 1.65. The first-order valence-electron chi connectivity index (χ1n) is 4.00. The summed E-state index contributed by atoms with van der Waals surface area (Å²) in [7, 11) is -2.55. The Bertz CT molecular complexity index is 386. The average Bonchev–Trinajstić information content (AvgIpc) is 2.18. The van der Waals surface area contributed by atoms with Crippen LogP contribution in [0.4, 0.5) is 0 Å². The van der Waals surface area contributed by atoms with Crippen LogP contribution in [0, 0.1) is 6.90 Å². The van der Waals surface area contributed by atoms with Crippen LogP contribution in [0.1, 0.15) is 6.93 Å². The Labute approximate surface area is 73.5 Å². The summed E-state index contributed by atoms with van der Waals surface area (Å²) in [6.45, 7) is -0.0707. The molecule has 12 heavy (non-hydrogen) atoms. The van der Waals surface area contributed by atoms with Gasteiger partial charge in [0.25, 0.3) is 10.1 Å². The molecule has 0 aliphatic carbocycles. The molecule has 0 aromatic heterocycles. The average molecular weight is 187 g/mol. The molecule has 0 saturated carbocycles. The van der Waals surface area contributed by atoms with E-state index in [0.29, 0.717) is 5.56 Å². The highest BCUT2D eigenvalue weighted by atomic mass is 32.2. The molecule has 0 saturated heterocycles. The maximum Gasteiger partial charge on any atom is 0.296 e. The van der Waals surface area contributed by atoms with Gasteiger partial charge in [-0.25, -0.2) is 0 Å². The van der Waals surface area contributed by atoms with Gasteiger partial charge in [0.05, 0.1) is 12.0 Å². The highest BCUT2D eigenvalue weighted by Gasteiger charge is 2.14. The highest BCUT2D eigenvalue weighted by Crippen LogP contribution is 2.15. The van der Waals surface area contributed by atoms with Gasteiger partial charge < -0.3 is 0 Å². The molecule has 1 aromatic carbocycles. The van der Waals surface area contributed by atoms with Gasteiger partial charge >= 0.3 is 0 Å². The lowest BCUT2D eigenvalue weighted by Crippen LogP contribution is -2.04. The van der Waals surface area contributed by atoms with Crippen LogP contribution >= 0.6 is 0 Å². The summed E-state index contributed by atoms with van der Waals surface area (Å²) in [5, 5.41) is 0. The summed E-state index contributed by atoms with van der Waals surface area (Å²) in [5.41, 5.74) is 0.448. The van der Waals surface area contributed by atoms with Crippen molar-refractivity contribution in [3.05, 3.63) is 29.8 Å². The van der Waals surface area contributed by atoms with Crippen molar-refractivity contribution in [2.45, 2.75) is 11.8 Å². The fourth-order valence-electron chi connectivity index (χ4n) is 0.838. The molecule has 1 rings (SSSR count). The largest absolute Gasteiger partial charge is 0.296 e. The number of benzene rings is 1. The smallest absolute Gasteiger partial charge is 0.270 e. The van der Waals surface area contributed by atoms with Crippen LogP contribution in [0.5, 0.6) is 0 Å². The Balaban J connectivity index is 3.29. The molecule has 66 valence electrons. The first-order chi connectivity index (χ1) is 6.11. The molecule has 1 aromatic rings. The van der Waals surface area contributed by atoms with Gasteiger partial charge in [-0.2, -0.15) is 8.42 Å². The monoisotopic (exact) mass is 187 g/mol. The second-order valence-corrected chi connectivity index (χ2v) is 3.91. The van der Waals surface area contributed by atoms with Crippen LogP contribution in [-0.4, -0.2) is 15.5 Å². The summed E-state index contributed by atoms with van der Waals surface area (Å²) in [6.07, 6.45) is 0. The standard InChI is InChI=1S/C8H10O3S/c1-7-5-3-4-6-8(7)12(9,10)11-2/h3-6H,1-2H3/i1D. The second-order valence-electron chi connectivity index (χ2n) is 2.23. The number of hydrogen-bond donors (Lipinski definition) is 0. The highest BCUT2D eigenvalue weighted by molar-refractivity contribution is 7.86. The minimum absolute atomic E-state index is 0.0707. The number of aryl methyl sites for hydroxylation is 1. The molecule has 0 N–H and O–H groups in total. The first-order valence-corrected chi connectivity index (χ1v) is 4.70. The maximum atomic E-state index is 11.3. The number of rotatable bonds is 2. The van der Waals surface area contributed by atoms with Crippen LogP contribution in [-0.2, 0) is 14.3 Å². The lowest BCUT2D eigenvalue weighted by Gasteiger charge is -2.03. The molecular formula is C8H10O3S. The lowest BCUT2D eigenvalue weighted by atomic mass is 10.2. The van der Waals surface area contributed by atoms with Gasteiger partial charge in [-0.1, -0.05) is 18.2 Å². The van der Waals surface area contributed by atoms with E-state index in [1.165, 1.54) is 6.07 Å². The Kier molecular flexibility index (Phi) is 2.10. The van der Waals surface area contributed by atoms with E-state index in [0.717, 1.165) is 7.11 Å². The molecule has 0 fully saturated rings. The van der Waals surface area contributed by atoms with Crippen molar-refractivity contribution in [1.82, 2.24) is 0 Å². The van der Waals surface area contributed by atoms with Gasteiger partial charge in [0.1, 0.15) is 0 Å². The minimum Gasteiger partial charge on any atom is -0.270 e. The Morgan fingerprint density at radius 2 is 2.08 bits per heavy atom. The predicted octanol–water partition coefficient (Wildman–Crippen LogP) is 1.33. The topological polar surface area (TPSA) is 43.4 Å². The zero-order valence-electron chi connectivity index (χ0n) is 7.65. The van der Waals surface area contributed by atoms with E-state index >= 15 is 0 Å². The van der Waals surface area contributed by atoms with E-state index < -0.39 is 10.1 Å². The molecule has 0 aliphatic rings. The minimum atomic E-state index is -3.66. The molecule has 0 spiro atoms. The summed E-state index contributed by atoms with van der Waals surface area (Å²) >= 11 is 0. The Morgan fingerprint density at radius 1 is 1.42 bits per heavy atom. The quantitative estimate of drug-likeness (QED) is 0.656. The summed E-state index contributed by atoms with van der Waals surface area (Å²) < 4.78 is 34.0. The van der Waals surface area contributed by atoms with Crippen molar-refractivity contribution >= 4 is 10.1 Å². The summed E-state index contributed by atoms with van der Waals surface area (Å²) in [6, 6.07) is 6.32. The number of hydrogen-bond acceptors (Lipinski definition) is 3. The van der Waals surface area contributed by atoms with Crippen LogP contribution in [0.3, 0.4) is 0 Å². The van der Waals surface area contributed by atoms with Gasteiger partial charge in [-0.3, -0.25) is 4.18 Å². The van der Waals surface area contributed by atoms with Gasteiger partial charge in [-0.15, -0.1) is 0 Å². The van der Waals surface area contributed by atoms with Crippen molar-refractivity contribution in [2.75, 3.05) is 7.11 Å². The zero-order valence-corrected chi connectivity index (χ0v) is 7.47. The first kappa shape index (κ1) is 7.76. The predicted molar refractivity (Wildman–Crippen MR) is 45.4 cm³/mol. The third-order valence-electron chi connectivity index (χ3n) is 1.46. The molecule has 0 heterocycles. The van der Waals surface area contributed by atoms with Crippen LogP contribution in [0.15, 0.2) is 29.2 Å². The molecule has 0 atom stereocenters. The lowest BCUT2D eigenvalue weighted by molar-refractivity contribution is 0.397. The Hall–Kier alpha value is -0.870. The molecule has 0 unspecified atom stereocenters. The van der Waals surface area contributed by atoms with Gasteiger partial charge in [-0.05, 0) is 18.5 Å². The van der Waals surface area contributed by atoms with E-state index in [9.17, 15) is 8.42 Å². The van der Waals surface area contributed by atoms with E-state index in [1.807, 2.05) is 0 Å². The van der Waals surface area contributed by atoms with Gasteiger partial charge in [0, 0.05) is 1.37 Å². The van der Waals surface area contributed by atoms with E-state index in [4.69, 9.17) is 1.37 Å². The van der Waals surface area contributed by atoms with E-state index in [1.54, 1.807) is 18.2 Å². The second kappa shape index (κ2) is 3.25. The molecule has 0 radical (unpaired) electrons. The molecule has 0 aliphatic heterocycles. The molecule has 0 bridgehead atoms. The summed E-state index contributed by atoms with van der Waals surface area (Å²) in [4.78, 5) is 0.0764. The normalized spacial score (nSPS) is 12.6. The molecular weight excluding hydrogens is 176 g/mol. The van der Waals surface area contributed by atoms with Crippen LogP contribution in [0.2, 0.25) is 0 Å². The van der Waals surface area contributed by atoms with Crippen molar-refractivity contribution in [3.63, 3.8) is 0 Å². The van der Waals surface area contributed by atoms with Crippen molar-refractivity contribution in [1.29, 1.82) is 0 Å². The molecule has 3 nitrogen and oxygen atoms in total. The fraction of sp³-hybridized carbons (Fsp3) is 0.250.